The summed E-state index contributed by atoms with van der Waals surface area (Å²) in [6, 6.07) is 8.03. The van der Waals surface area contributed by atoms with Crippen LogP contribution >= 0.6 is 0 Å². The van der Waals surface area contributed by atoms with Crippen molar-refractivity contribution in [2.24, 2.45) is 15.9 Å². The summed E-state index contributed by atoms with van der Waals surface area (Å²) in [5.41, 5.74) is 7.80. The summed E-state index contributed by atoms with van der Waals surface area (Å²) < 4.78 is 0. The van der Waals surface area contributed by atoms with Gasteiger partial charge >= 0.3 is 0 Å². The summed E-state index contributed by atoms with van der Waals surface area (Å²) in [6.45, 7) is 2.04. The van der Waals surface area contributed by atoms with Crippen molar-refractivity contribution >= 4 is 12.2 Å². The van der Waals surface area contributed by atoms with Gasteiger partial charge in [-0.2, -0.15) is 5.10 Å². The van der Waals surface area contributed by atoms with Crippen molar-refractivity contribution in [2.45, 2.75) is 6.92 Å². The average Bonchev–Trinajstić information content (AvgIpc) is 2.20. The van der Waals surface area contributed by atoms with E-state index in [2.05, 4.69) is 10.2 Å². The zero-order valence-electron chi connectivity index (χ0n) is 9.31. The van der Waals surface area contributed by atoms with Crippen LogP contribution in [0.4, 0.5) is 0 Å². The van der Waals surface area contributed by atoms with Crippen molar-refractivity contribution in [3.8, 4) is 0 Å². The molecule has 0 aromatic heterocycles. The van der Waals surface area contributed by atoms with E-state index in [9.17, 15) is 0 Å². The van der Waals surface area contributed by atoms with E-state index in [0.717, 1.165) is 5.56 Å². The van der Waals surface area contributed by atoms with Gasteiger partial charge in [0.2, 0.25) is 5.96 Å². The SMILES string of the molecule is Cc1ccc(/C=N/N=C(\N)N(C)C)cc1. The van der Waals surface area contributed by atoms with E-state index in [1.807, 2.05) is 45.3 Å². The van der Waals surface area contributed by atoms with Crippen molar-refractivity contribution in [1.29, 1.82) is 0 Å². The average molecular weight is 204 g/mol. The molecule has 0 unspecified atom stereocenters. The first-order valence-corrected chi connectivity index (χ1v) is 4.70. The zero-order valence-corrected chi connectivity index (χ0v) is 9.31. The summed E-state index contributed by atoms with van der Waals surface area (Å²) in [7, 11) is 3.64. The molecule has 4 heteroatoms. The fraction of sp³-hybridized carbons (Fsp3) is 0.273. The molecule has 0 atom stereocenters. The molecule has 0 spiro atoms. The van der Waals surface area contributed by atoms with Crippen LogP contribution in [-0.2, 0) is 0 Å². The van der Waals surface area contributed by atoms with Crippen molar-refractivity contribution < 1.29 is 0 Å². The molecule has 0 saturated heterocycles. The van der Waals surface area contributed by atoms with Crippen LogP contribution in [0, 0.1) is 6.92 Å². The summed E-state index contributed by atoms with van der Waals surface area (Å²) in [5, 5.41) is 7.72. The number of benzene rings is 1. The quantitative estimate of drug-likeness (QED) is 0.447. The van der Waals surface area contributed by atoms with Crippen LogP contribution in [0.3, 0.4) is 0 Å². The Morgan fingerprint density at radius 2 is 1.87 bits per heavy atom. The first-order chi connectivity index (χ1) is 7.09. The number of nitrogens with zero attached hydrogens (tertiary/aromatic N) is 3. The Kier molecular flexibility index (Phi) is 3.85. The molecule has 0 amide bonds. The van der Waals surface area contributed by atoms with Gasteiger partial charge < -0.3 is 10.6 Å². The Hall–Kier alpha value is -1.84. The van der Waals surface area contributed by atoms with E-state index in [4.69, 9.17) is 5.73 Å². The molecule has 80 valence electrons. The predicted molar refractivity (Wildman–Crippen MR) is 64.1 cm³/mol. The van der Waals surface area contributed by atoms with E-state index in [1.54, 1.807) is 11.1 Å². The number of aryl methyl sites for hydroxylation is 1. The Morgan fingerprint density at radius 3 is 2.40 bits per heavy atom. The van der Waals surface area contributed by atoms with Crippen LogP contribution in [0.15, 0.2) is 34.5 Å². The van der Waals surface area contributed by atoms with Gasteiger partial charge in [0.15, 0.2) is 0 Å². The molecule has 0 saturated carbocycles. The molecule has 1 rings (SSSR count). The van der Waals surface area contributed by atoms with Gasteiger partial charge in [-0.3, -0.25) is 0 Å². The molecule has 2 N–H and O–H groups in total. The number of guanidine groups is 1. The standard InChI is InChI=1S/C11H16N4/c1-9-4-6-10(7-5-9)8-13-14-11(12)15(2)3/h4-8H,1-3H3,(H2,12,14)/b13-8+. The van der Waals surface area contributed by atoms with Gasteiger partial charge in [0.25, 0.3) is 0 Å². The molecule has 15 heavy (non-hydrogen) atoms. The topological polar surface area (TPSA) is 54.0 Å². The molecule has 0 aliphatic rings. The minimum absolute atomic E-state index is 0.387. The maximum absolute atomic E-state index is 5.57. The van der Waals surface area contributed by atoms with Gasteiger partial charge in [-0.25, -0.2) is 0 Å². The number of hydrogen-bond donors (Lipinski definition) is 1. The van der Waals surface area contributed by atoms with Gasteiger partial charge in [0.1, 0.15) is 0 Å². The largest absolute Gasteiger partial charge is 0.368 e. The summed E-state index contributed by atoms with van der Waals surface area (Å²) in [5.74, 6) is 0.387. The fourth-order valence-corrected chi connectivity index (χ4v) is 0.897. The molecule has 0 bridgehead atoms. The van der Waals surface area contributed by atoms with Gasteiger partial charge in [0, 0.05) is 14.1 Å². The van der Waals surface area contributed by atoms with Crippen molar-refractivity contribution in [1.82, 2.24) is 4.90 Å². The molecule has 0 fully saturated rings. The highest BCUT2D eigenvalue weighted by molar-refractivity contribution is 5.82. The van der Waals surface area contributed by atoms with Crippen LogP contribution in [-0.4, -0.2) is 31.2 Å². The van der Waals surface area contributed by atoms with Crippen molar-refractivity contribution in [3.05, 3.63) is 35.4 Å². The van der Waals surface area contributed by atoms with Gasteiger partial charge in [0.05, 0.1) is 6.21 Å². The monoisotopic (exact) mass is 204 g/mol. The normalized spacial score (nSPS) is 12.1. The van der Waals surface area contributed by atoms with E-state index < -0.39 is 0 Å². The van der Waals surface area contributed by atoms with Crippen LogP contribution in [0.2, 0.25) is 0 Å². The minimum atomic E-state index is 0.387. The van der Waals surface area contributed by atoms with Crippen LogP contribution in [0.1, 0.15) is 11.1 Å². The number of nitrogens with two attached hydrogens (primary N) is 1. The Balaban J connectivity index is 2.66. The molecule has 0 heterocycles. The molecule has 1 aromatic carbocycles. The molecule has 1 aromatic rings. The van der Waals surface area contributed by atoms with E-state index >= 15 is 0 Å². The van der Waals surface area contributed by atoms with Crippen molar-refractivity contribution in [2.75, 3.05) is 14.1 Å². The third-order valence-electron chi connectivity index (χ3n) is 1.90. The zero-order chi connectivity index (χ0) is 11.3. The predicted octanol–water partition coefficient (Wildman–Crippen LogP) is 1.21. The van der Waals surface area contributed by atoms with Crippen molar-refractivity contribution in [3.63, 3.8) is 0 Å². The second kappa shape index (κ2) is 5.14. The van der Waals surface area contributed by atoms with Crippen LogP contribution < -0.4 is 5.73 Å². The first kappa shape index (κ1) is 11.2. The van der Waals surface area contributed by atoms with Gasteiger partial charge in [-0.15, -0.1) is 5.10 Å². The molecule has 0 aliphatic carbocycles. The molecule has 4 nitrogen and oxygen atoms in total. The first-order valence-electron chi connectivity index (χ1n) is 4.70. The lowest BCUT2D eigenvalue weighted by Gasteiger charge is -2.07. The Bertz CT molecular complexity index is 363. The van der Waals surface area contributed by atoms with E-state index in [-0.39, 0.29) is 0 Å². The third kappa shape index (κ3) is 3.81. The second-order valence-electron chi connectivity index (χ2n) is 3.51. The van der Waals surface area contributed by atoms with E-state index in [1.165, 1.54) is 5.56 Å². The smallest absolute Gasteiger partial charge is 0.215 e. The molecular formula is C11H16N4. The molecular weight excluding hydrogens is 188 g/mol. The van der Waals surface area contributed by atoms with Gasteiger partial charge in [-0.1, -0.05) is 29.8 Å². The number of hydrogen-bond acceptors (Lipinski definition) is 2. The highest BCUT2D eigenvalue weighted by Gasteiger charge is 1.91. The maximum Gasteiger partial charge on any atom is 0.215 e. The summed E-state index contributed by atoms with van der Waals surface area (Å²) >= 11 is 0. The van der Waals surface area contributed by atoms with Gasteiger partial charge in [-0.05, 0) is 12.5 Å². The third-order valence-corrected chi connectivity index (χ3v) is 1.90. The highest BCUT2D eigenvalue weighted by Crippen LogP contribution is 2.00. The summed E-state index contributed by atoms with van der Waals surface area (Å²) in [4.78, 5) is 1.70. The fourth-order valence-electron chi connectivity index (χ4n) is 0.897. The molecule has 0 aliphatic heterocycles. The lowest BCUT2D eigenvalue weighted by atomic mass is 10.2. The summed E-state index contributed by atoms with van der Waals surface area (Å²) in [6.07, 6.45) is 1.68. The Labute approximate surface area is 90.1 Å². The lowest BCUT2D eigenvalue weighted by molar-refractivity contribution is 0.611. The molecule has 0 radical (unpaired) electrons. The maximum atomic E-state index is 5.57. The lowest BCUT2D eigenvalue weighted by Crippen LogP contribution is -2.29. The highest BCUT2D eigenvalue weighted by atomic mass is 15.3. The Morgan fingerprint density at radius 1 is 1.27 bits per heavy atom. The van der Waals surface area contributed by atoms with Crippen LogP contribution in [0.25, 0.3) is 0 Å². The minimum Gasteiger partial charge on any atom is -0.368 e. The van der Waals surface area contributed by atoms with E-state index in [0.29, 0.717) is 5.96 Å². The number of rotatable bonds is 2. The second-order valence-corrected chi connectivity index (χ2v) is 3.51. The van der Waals surface area contributed by atoms with Crippen LogP contribution in [0.5, 0.6) is 0 Å².